The van der Waals surface area contributed by atoms with Crippen molar-refractivity contribution in [3.8, 4) is 5.75 Å². The second kappa shape index (κ2) is 8.99. The van der Waals surface area contributed by atoms with Gasteiger partial charge in [-0.3, -0.25) is 9.48 Å². The van der Waals surface area contributed by atoms with Crippen molar-refractivity contribution in [3.05, 3.63) is 46.8 Å². The molecular formula is C23H32N4O2. The van der Waals surface area contributed by atoms with Gasteiger partial charge in [-0.05, 0) is 63.1 Å². The molecule has 0 radical (unpaired) electrons. The minimum absolute atomic E-state index is 0.129. The summed E-state index contributed by atoms with van der Waals surface area (Å²) in [5.74, 6) is 1.01. The van der Waals surface area contributed by atoms with Gasteiger partial charge in [0.05, 0.1) is 7.11 Å². The molecule has 1 fully saturated rings. The lowest BCUT2D eigenvalue weighted by Crippen LogP contribution is -2.38. The standard InChI is InChI=1S/C23H32N4O2/c1-3-27-21-12-9-18(24-16-17-7-10-19(29-2)11-8-17)15-20(21)22(25-27)23(28)26-13-5-4-6-14-26/h7-8,10-11,18,24H,3-6,9,12-16H2,1-2H3. The topological polar surface area (TPSA) is 59.4 Å². The number of hydrogen-bond donors (Lipinski definition) is 1. The van der Waals surface area contributed by atoms with Gasteiger partial charge in [0.1, 0.15) is 5.75 Å². The third-order valence-electron chi connectivity index (χ3n) is 6.25. The second-order valence-corrected chi connectivity index (χ2v) is 8.11. The maximum Gasteiger partial charge on any atom is 0.274 e. The highest BCUT2D eigenvalue weighted by atomic mass is 16.5. The number of benzene rings is 1. The molecule has 1 aromatic carbocycles. The molecule has 6 nitrogen and oxygen atoms in total. The number of carbonyl (C=O) groups excluding carboxylic acids is 1. The molecule has 4 rings (SSSR count). The van der Waals surface area contributed by atoms with Crippen molar-refractivity contribution in [1.29, 1.82) is 0 Å². The highest BCUT2D eigenvalue weighted by Gasteiger charge is 2.31. The van der Waals surface area contributed by atoms with Crippen LogP contribution in [0.25, 0.3) is 0 Å². The molecule has 1 saturated heterocycles. The zero-order valence-electron chi connectivity index (χ0n) is 17.6. The van der Waals surface area contributed by atoms with E-state index in [1.807, 2.05) is 21.7 Å². The summed E-state index contributed by atoms with van der Waals surface area (Å²) in [6.45, 7) is 5.48. The Balaban J connectivity index is 1.46. The fourth-order valence-electron chi connectivity index (χ4n) is 4.55. The summed E-state index contributed by atoms with van der Waals surface area (Å²) in [4.78, 5) is 15.2. The molecule has 1 N–H and O–H groups in total. The second-order valence-electron chi connectivity index (χ2n) is 8.11. The molecule has 6 heteroatoms. The summed E-state index contributed by atoms with van der Waals surface area (Å²) in [7, 11) is 1.69. The number of nitrogens with one attached hydrogen (secondary N) is 1. The number of methoxy groups -OCH3 is 1. The predicted molar refractivity (Wildman–Crippen MR) is 113 cm³/mol. The van der Waals surface area contributed by atoms with Crippen molar-refractivity contribution in [2.75, 3.05) is 20.2 Å². The van der Waals surface area contributed by atoms with E-state index in [1.54, 1.807) is 7.11 Å². The molecule has 0 bridgehead atoms. The van der Waals surface area contributed by atoms with Crippen LogP contribution in [0.2, 0.25) is 0 Å². The molecule has 1 unspecified atom stereocenters. The van der Waals surface area contributed by atoms with Crippen LogP contribution >= 0.6 is 0 Å². The lowest BCUT2D eigenvalue weighted by molar-refractivity contribution is 0.0716. The van der Waals surface area contributed by atoms with Gasteiger partial charge in [-0.25, -0.2) is 0 Å². The minimum atomic E-state index is 0.129. The van der Waals surface area contributed by atoms with Crippen LogP contribution in [-0.4, -0.2) is 46.8 Å². The normalized spacial score (nSPS) is 19.1. The van der Waals surface area contributed by atoms with Crippen molar-refractivity contribution in [2.24, 2.45) is 0 Å². The van der Waals surface area contributed by atoms with E-state index >= 15 is 0 Å². The van der Waals surface area contributed by atoms with Crippen LogP contribution < -0.4 is 10.1 Å². The molecule has 156 valence electrons. The Labute approximate surface area is 173 Å². The van der Waals surface area contributed by atoms with E-state index in [0.29, 0.717) is 11.7 Å². The summed E-state index contributed by atoms with van der Waals surface area (Å²) in [6.07, 6.45) is 6.36. The van der Waals surface area contributed by atoms with Crippen molar-refractivity contribution >= 4 is 5.91 Å². The number of amides is 1. The van der Waals surface area contributed by atoms with Gasteiger partial charge in [0.25, 0.3) is 5.91 Å². The van der Waals surface area contributed by atoms with Crippen molar-refractivity contribution in [2.45, 2.75) is 64.6 Å². The number of likely N-dealkylation sites (tertiary alicyclic amines) is 1. The molecule has 2 heterocycles. The molecule has 1 aliphatic carbocycles. The Hall–Kier alpha value is -2.34. The van der Waals surface area contributed by atoms with E-state index in [4.69, 9.17) is 9.84 Å². The largest absolute Gasteiger partial charge is 0.497 e. The maximum absolute atomic E-state index is 13.2. The number of ether oxygens (including phenoxy) is 1. The summed E-state index contributed by atoms with van der Waals surface area (Å²) < 4.78 is 7.28. The molecule has 1 amide bonds. The fraction of sp³-hybridized carbons (Fsp3) is 0.565. The molecule has 2 aromatic rings. The highest BCUT2D eigenvalue weighted by Crippen LogP contribution is 2.27. The summed E-state index contributed by atoms with van der Waals surface area (Å²) in [6, 6.07) is 8.56. The number of rotatable bonds is 6. The van der Waals surface area contributed by atoms with Gasteiger partial charge in [-0.1, -0.05) is 12.1 Å². The Bertz CT molecular complexity index is 837. The quantitative estimate of drug-likeness (QED) is 0.815. The van der Waals surface area contributed by atoms with Crippen LogP contribution in [-0.2, 0) is 25.9 Å². The van der Waals surface area contributed by atoms with E-state index < -0.39 is 0 Å². The fourth-order valence-corrected chi connectivity index (χ4v) is 4.55. The van der Waals surface area contributed by atoms with Crippen molar-refractivity contribution in [1.82, 2.24) is 20.0 Å². The third-order valence-corrected chi connectivity index (χ3v) is 6.25. The molecule has 0 spiro atoms. The zero-order chi connectivity index (χ0) is 20.2. The number of carbonyl (C=O) groups is 1. The molecule has 1 atom stereocenters. The first kappa shape index (κ1) is 20.0. The first-order chi connectivity index (χ1) is 14.2. The molecule has 1 aromatic heterocycles. The lowest BCUT2D eigenvalue weighted by atomic mass is 9.90. The molecular weight excluding hydrogens is 364 g/mol. The Morgan fingerprint density at radius 1 is 1.21 bits per heavy atom. The van der Waals surface area contributed by atoms with Crippen molar-refractivity contribution in [3.63, 3.8) is 0 Å². The first-order valence-electron chi connectivity index (χ1n) is 10.9. The monoisotopic (exact) mass is 396 g/mol. The van der Waals surface area contributed by atoms with Gasteiger partial charge in [0.2, 0.25) is 0 Å². The molecule has 2 aliphatic rings. The van der Waals surface area contributed by atoms with E-state index in [2.05, 4.69) is 24.4 Å². The van der Waals surface area contributed by atoms with Gasteiger partial charge in [0, 0.05) is 43.5 Å². The number of aryl methyl sites for hydroxylation is 1. The zero-order valence-corrected chi connectivity index (χ0v) is 17.6. The SMILES string of the molecule is CCn1nc(C(=O)N2CCCCC2)c2c1CCC(NCc1ccc(OC)cc1)C2. The van der Waals surface area contributed by atoms with Crippen LogP contribution in [0.4, 0.5) is 0 Å². The van der Waals surface area contributed by atoms with Gasteiger partial charge >= 0.3 is 0 Å². The van der Waals surface area contributed by atoms with Crippen LogP contribution in [0, 0.1) is 0 Å². The van der Waals surface area contributed by atoms with Gasteiger partial charge in [0.15, 0.2) is 5.69 Å². The Morgan fingerprint density at radius 2 is 1.97 bits per heavy atom. The lowest BCUT2D eigenvalue weighted by Gasteiger charge is -2.28. The smallest absolute Gasteiger partial charge is 0.274 e. The number of nitrogens with zero attached hydrogens (tertiary/aromatic N) is 3. The number of hydrogen-bond acceptors (Lipinski definition) is 4. The third kappa shape index (κ3) is 4.32. The van der Waals surface area contributed by atoms with E-state index in [9.17, 15) is 4.79 Å². The Morgan fingerprint density at radius 3 is 2.66 bits per heavy atom. The number of piperidine rings is 1. The van der Waals surface area contributed by atoms with Gasteiger partial charge < -0.3 is 15.0 Å². The molecule has 1 aliphatic heterocycles. The summed E-state index contributed by atoms with van der Waals surface area (Å²) >= 11 is 0. The highest BCUT2D eigenvalue weighted by molar-refractivity contribution is 5.94. The summed E-state index contributed by atoms with van der Waals surface area (Å²) in [5.41, 5.74) is 4.36. The number of aromatic nitrogens is 2. The van der Waals surface area contributed by atoms with Crippen molar-refractivity contribution < 1.29 is 9.53 Å². The summed E-state index contributed by atoms with van der Waals surface area (Å²) in [5, 5.41) is 8.43. The maximum atomic E-state index is 13.2. The predicted octanol–water partition coefficient (Wildman–Crippen LogP) is 3.18. The van der Waals surface area contributed by atoms with E-state index in [-0.39, 0.29) is 5.91 Å². The van der Waals surface area contributed by atoms with Crippen LogP contribution in [0.15, 0.2) is 24.3 Å². The van der Waals surface area contributed by atoms with Crippen LogP contribution in [0.5, 0.6) is 5.75 Å². The van der Waals surface area contributed by atoms with E-state index in [1.165, 1.54) is 23.2 Å². The van der Waals surface area contributed by atoms with Gasteiger partial charge in [-0.15, -0.1) is 0 Å². The van der Waals surface area contributed by atoms with Crippen LogP contribution in [0.1, 0.15) is 59.9 Å². The average Bonchev–Trinajstić information content (AvgIpc) is 3.16. The molecule has 0 saturated carbocycles. The Kier molecular flexibility index (Phi) is 6.19. The number of fused-ring (bicyclic) bond motifs is 1. The van der Waals surface area contributed by atoms with Crippen LogP contribution in [0.3, 0.4) is 0 Å². The van der Waals surface area contributed by atoms with E-state index in [0.717, 1.165) is 64.0 Å². The minimum Gasteiger partial charge on any atom is -0.497 e. The molecule has 29 heavy (non-hydrogen) atoms. The first-order valence-corrected chi connectivity index (χ1v) is 10.9. The van der Waals surface area contributed by atoms with Gasteiger partial charge in [-0.2, -0.15) is 5.10 Å². The average molecular weight is 397 g/mol.